The molecule has 6 nitrogen and oxygen atoms in total. The van der Waals surface area contributed by atoms with Crippen LogP contribution in [-0.4, -0.2) is 22.3 Å². The van der Waals surface area contributed by atoms with E-state index in [1.165, 1.54) is 0 Å². The first-order valence-corrected chi connectivity index (χ1v) is 5.09. The molecule has 0 spiro atoms. The van der Waals surface area contributed by atoms with Crippen LogP contribution in [0.15, 0.2) is 0 Å². The van der Waals surface area contributed by atoms with Crippen LogP contribution in [0, 0.1) is 13.8 Å². The van der Waals surface area contributed by atoms with Crippen LogP contribution in [0.25, 0.3) is 0 Å². The van der Waals surface area contributed by atoms with E-state index >= 15 is 0 Å². The van der Waals surface area contributed by atoms with Gasteiger partial charge in [0.1, 0.15) is 6.61 Å². The van der Waals surface area contributed by atoms with Gasteiger partial charge in [-0.15, -0.1) is 0 Å². The first-order valence-electron chi connectivity index (χ1n) is 5.09. The zero-order valence-electron chi connectivity index (χ0n) is 10.1. The summed E-state index contributed by atoms with van der Waals surface area (Å²) in [7, 11) is 1.89. The molecule has 1 atom stereocenters. The molecule has 6 heteroatoms. The molecule has 1 heterocycles. The molecule has 0 aliphatic carbocycles. The van der Waals surface area contributed by atoms with Crippen molar-refractivity contribution in [3.05, 3.63) is 17.0 Å². The lowest BCUT2D eigenvalue weighted by atomic mass is 10.1. The van der Waals surface area contributed by atoms with E-state index < -0.39 is 5.91 Å². The van der Waals surface area contributed by atoms with E-state index in [0.717, 1.165) is 17.0 Å². The van der Waals surface area contributed by atoms with Crippen molar-refractivity contribution in [2.45, 2.75) is 26.8 Å². The minimum atomic E-state index is -0.501. The van der Waals surface area contributed by atoms with Crippen LogP contribution in [0.1, 0.15) is 29.9 Å². The Balaban J connectivity index is 2.65. The number of carbonyl (C=O) groups excluding carboxylic acids is 1. The van der Waals surface area contributed by atoms with Crippen molar-refractivity contribution in [3.63, 3.8) is 0 Å². The SMILES string of the molecule is Cc1nn(C)c(C)c1C(C)NOCC(N)=O. The van der Waals surface area contributed by atoms with Gasteiger partial charge in [-0.3, -0.25) is 14.3 Å². The van der Waals surface area contributed by atoms with E-state index in [-0.39, 0.29) is 12.6 Å². The number of hydrogen-bond donors (Lipinski definition) is 2. The molecule has 0 radical (unpaired) electrons. The van der Waals surface area contributed by atoms with Gasteiger partial charge in [-0.2, -0.15) is 10.6 Å². The molecule has 1 aromatic heterocycles. The fourth-order valence-electron chi connectivity index (χ4n) is 1.71. The van der Waals surface area contributed by atoms with Crippen molar-refractivity contribution in [1.29, 1.82) is 0 Å². The molecule has 1 aromatic rings. The number of nitrogens with one attached hydrogen (secondary N) is 1. The summed E-state index contributed by atoms with van der Waals surface area (Å²) in [5, 5.41) is 4.30. The molecule has 0 fully saturated rings. The second-order valence-corrected chi connectivity index (χ2v) is 3.80. The Kier molecular flexibility index (Phi) is 4.03. The third-order valence-electron chi connectivity index (χ3n) is 2.47. The summed E-state index contributed by atoms with van der Waals surface area (Å²) in [6.45, 7) is 5.73. The number of hydrogen-bond acceptors (Lipinski definition) is 4. The molecule has 0 saturated carbocycles. The van der Waals surface area contributed by atoms with Gasteiger partial charge < -0.3 is 5.73 Å². The summed E-state index contributed by atoms with van der Waals surface area (Å²) >= 11 is 0. The molecule has 1 unspecified atom stereocenters. The highest BCUT2D eigenvalue weighted by molar-refractivity contribution is 5.74. The highest BCUT2D eigenvalue weighted by atomic mass is 16.6. The molecule has 0 aliphatic rings. The van der Waals surface area contributed by atoms with Crippen LogP contribution in [-0.2, 0) is 16.7 Å². The molecule has 1 rings (SSSR count). The molecule has 0 bridgehead atoms. The number of primary amides is 1. The number of hydroxylamine groups is 1. The van der Waals surface area contributed by atoms with Gasteiger partial charge >= 0.3 is 0 Å². The van der Waals surface area contributed by atoms with Gasteiger partial charge in [0.25, 0.3) is 0 Å². The summed E-state index contributed by atoms with van der Waals surface area (Å²) in [4.78, 5) is 15.5. The Morgan fingerprint density at radius 3 is 2.69 bits per heavy atom. The largest absolute Gasteiger partial charge is 0.368 e. The maximum absolute atomic E-state index is 10.5. The van der Waals surface area contributed by atoms with Crippen LogP contribution in [0.2, 0.25) is 0 Å². The molecule has 0 saturated heterocycles. The second-order valence-electron chi connectivity index (χ2n) is 3.80. The summed E-state index contributed by atoms with van der Waals surface area (Å²) in [5.74, 6) is -0.501. The van der Waals surface area contributed by atoms with E-state index in [0.29, 0.717) is 0 Å². The van der Waals surface area contributed by atoms with E-state index in [4.69, 9.17) is 10.6 Å². The lowest BCUT2D eigenvalue weighted by Crippen LogP contribution is -2.27. The van der Waals surface area contributed by atoms with Crippen LogP contribution < -0.4 is 11.2 Å². The number of carbonyl (C=O) groups is 1. The summed E-state index contributed by atoms with van der Waals surface area (Å²) in [5.41, 5.74) is 10.8. The summed E-state index contributed by atoms with van der Waals surface area (Å²) in [6.07, 6.45) is 0. The van der Waals surface area contributed by atoms with Crippen molar-refractivity contribution < 1.29 is 9.63 Å². The maximum Gasteiger partial charge on any atom is 0.245 e. The lowest BCUT2D eigenvalue weighted by molar-refractivity contribution is -0.126. The van der Waals surface area contributed by atoms with Crippen LogP contribution >= 0.6 is 0 Å². The van der Waals surface area contributed by atoms with E-state index in [2.05, 4.69) is 10.6 Å². The van der Waals surface area contributed by atoms with Crippen molar-refractivity contribution in [3.8, 4) is 0 Å². The highest BCUT2D eigenvalue weighted by Crippen LogP contribution is 2.20. The average Bonchev–Trinajstić information content (AvgIpc) is 2.40. The molecule has 16 heavy (non-hydrogen) atoms. The van der Waals surface area contributed by atoms with E-state index in [9.17, 15) is 4.79 Å². The van der Waals surface area contributed by atoms with Crippen LogP contribution in [0.4, 0.5) is 0 Å². The Labute approximate surface area is 94.7 Å². The Morgan fingerprint density at radius 1 is 1.62 bits per heavy atom. The minimum Gasteiger partial charge on any atom is -0.368 e. The van der Waals surface area contributed by atoms with Gasteiger partial charge in [-0.1, -0.05) is 0 Å². The lowest BCUT2D eigenvalue weighted by Gasteiger charge is -2.13. The van der Waals surface area contributed by atoms with Crippen molar-refractivity contribution in [2.24, 2.45) is 12.8 Å². The normalized spacial score (nSPS) is 12.8. The molecule has 0 aromatic carbocycles. The molecule has 3 N–H and O–H groups in total. The predicted molar refractivity (Wildman–Crippen MR) is 59.4 cm³/mol. The van der Waals surface area contributed by atoms with Crippen molar-refractivity contribution >= 4 is 5.91 Å². The average molecular weight is 226 g/mol. The number of nitrogens with zero attached hydrogens (tertiary/aromatic N) is 2. The van der Waals surface area contributed by atoms with Crippen LogP contribution in [0.3, 0.4) is 0 Å². The Bertz CT molecular complexity index is 386. The number of aryl methyl sites for hydroxylation is 2. The number of amides is 1. The topological polar surface area (TPSA) is 82.2 Å². The van der Waals surface area contributed by atoms with Gasteiger partial charge in [0.05, 0.1) is 11.7 Å². The minimum absolute atomic E-state index is 0.0342. The Morgan fingerprint density at radius 2 is 2.25 bits per heavy atom. The number of rotatable bonds is 5. The monoisotopic (exact) mass is 226 g/mol. The fourth-order valence-corrected chi connectivity index (χ4v) is 1.71. The summed E-state index contributed by atoms with van der Waals surface area (Å²) in [6, 6.07) is -0.0342. The molecule has 90 valence electrons. The number of aromatic nitrogens is 2. The van der Waals surface area contributed by atoms with Gasteiger partial charge in [0, 0.05) is 18.3 Å². The molecular formula is C10H18N4O2. The van der Waals surface area contributed by atoms with Gasteiger partial charge in [-0.25, -0.2) is 0 Å². The number of nitrogens with two attached hydrogens (primary N) is 1. The molecule has 1 amide bonds. The highest BCUT2D eigenvalue weighted by Gasteiger charge is 2.16. The first-order chi connectivity index (χ1) is 7.43. The van der Waals surface area contributed by atoms with Crippen LogP contribution in [0.5, 0.6) is 0 Å². The maximum atomic E-state index is 10.5. The summed E-state index contributed by atoms with van der Waals surface area (Å²) < 4.78 is 1.82. The first kappa shape index (κ1) is 12.7. The Hall–Kier alpha value is -1.40. The standard InChI is InChI=1S/C10H18N4O2/c1-6-10(8(3)14(4)12-6)7(2)13-16-5-9(11)15/h7,13H,5H2,1-4H3,(H2,11,15). The second kappa shape index (κ2) is 5.09. The van der Waals surface area contributed by atoms with Crippen molar-refractivity contribution in [1.82, 2.24) is 15.3 Å². The predicted octanol–water partition coefficient (Wildman–Crippen LogP) is 0.104. The fraction of sp³-hybridized carbons (Fsp3) is 0.600. The van der Waals surface area contributed by atoms with Gasteiger partial charge in [-0.05, 0) is 20.8 Å². The van der Waals surface area contributed by atoms with E-state index in [1.807, 2.05) is 32.5 Å². The van der Waals surface area contributed by atoms with Gasteiger partial charge in [0.2, 0.25) is 5.91 Å². The molecular weight excluding hydrogens is 208 g/mol. The van der Waals surface area contributed by atoms with Gasteiger partial charge in [0.15, 0.2) is 0 Å². The molecule has 0 aliphatic heterocycles. The zero-order chi connectivity index (χ0) is 12.3. The zero-order valence-corrected chi connectivity index (χ0v) is 10.1. The third-order valence-corrected chi connectivity index (χ3v) is 2.47. The van der Waals surface area contributed by atoms with Crippen molar-refractivity contribution in [2.75, 3.05) is 6.61 Å². The van der Waals surface area contributed by atoms with E-state index in [1.54, 1.807) is 0 Å². The third kappa shape index (κ3) is 2.80. The quantitative estimate of drug-likeness (QED) is 0.698. The smallest absolute Gasteiger partial charge is 0.245 e.